The van der Waals surface area contributed by atoms with Crippen molar-refractivity contribution in [3.63, 3.8) is 0 Å². The molecule has 1 aliphatic rings. The number of aryl methyl sites for hydroxylation is 1. The Hall–Kier alpha value is -2.14. The SMILES string of the molecule is CCCCC(=O)N(CCCC)CC(=O)N1CCc2sccc2C1c1ccccc1C. The molecule has 1 unspecified atom stereocenters. The summed E-state index contributed by atoms with van der Waals surface area (Å²) in [4.78, 5) is 31.4. The monoisotopic (exact) mass is 426 g/mol. The highest BCUT2D eigenvalue weighted by Crippen LogP contribution is 2.39. The molecule has 0 fully saturated rings. The van der Waals surface area contributed by atoms with E-state index in [0.29, 0.717) is 19.5 Å². The molecule has 3 rings (SSSR count). The molecule has 0 saturated heterocycles. The van der Waals surface area contributed by atoms with Crippen LogP contribution < -0.4 is 0 Å². The summed E-state index contributed by atoms with van der Waals surface area (Å²) in [6, 6.07) is 10.4. The van der Waals surface area contributed by atoms with Crippen LogP contribution in [0, 0.1) is 6.92 Å². The van der Waals surface area contributed by atoms with Gasteiger partial charge in [0.05, 0.1) is 12.6 Å². The number of hydrogen-bond acceptors (Lipinski definition) is 3. The lowest BCUT2D eigenvalue weighted by atomic mass is 9.90. The molecule has 0 aliphatic carbocycles. The lowest BCUT2D eigenvalue weighted by Gasteiger charge is -2.38. The van der Waals surface area contributed by atoms with Crippen molar-refractivity contribution in [1.82, 2.24) is 9.80 Å². The Kier molecular flexibility index (Phi) is 8.08. The molecule has 1 atom stereocenters. The second-order valence-corrected chi connectivity index (χ2v) is 9.17. The Labute approximate surface area is 184 Å². The minimum atomic E-state index is -0.0625. The van der Waals surface area contributed by atoms with E-state index >= 15 is 0 Å². The van der Waals surface area contributed by atoms with Gasteiger partial charge in [-0.15, -0.1) is 11.3 Å². The zero-order chi connectivity index (χ0) is 21.5. The van der Waals surface area contributed by atoms with E-state index in [4.69, 9.17) is 0 Å². The van der Waals surface area contributed by atoms with Crippen LogP contribution in [0.25, 0.3) is 0 Å². The molecule has 0 N–H and O–H groups in total. The van der Waals surface area contributed by atoms with E-state index in [1.54, 1.807) is 16.2 Å². The molecule has 1 aromatic heterocycles. The number of benzene rings is 1. The first-order chi connectivity index (χ1) is 14.6. The second kappa shape index (κ2) is 10.8. The number of rotatable bonds is 9. The van der Waals surface area contributed by atoms with Crippen molar-refractivity contribution in [3.05, 3.63) is 57.3 Å². The Balaban J connectivity index is 1.85. The quantitative estimate of drug-likeness (QED) is 0.542. The number of unbranched alkanes of at least 4 members (excludes halogenated alkanes) is 2. The van der Waals surface area contributed by atoms with Gasteiger partial charge in [0, 0.05) is 24.4 Å². The van der Waals surface area contributed by atoms with E-state index < -0.39 is 0 Å². The van der Waals surface area contributed by atoms with Crippen molar-refractivity contribution >= 4 is 23.2 Å². The van der Waals surface area contributed by atoms with Gasteiger partial charge in [-0.3, -0.25) is 9.59 Å². The minimum Gasteiger partial charge on any atom is -0.333 e. The first kappa shape index (κ1) is 22.5. The number of nitrogens with zero attached hydrogens (tertiary/aromatic N) is 2. The van der Waals surface area contributed by atoms with E-state index in [0.717, 1.165) is 32.1 Å². The molecule has 4 nitrogen and oxygen atoms in total. The lowest BCUT2D eigenvalue weighted by molar-refractivity contribution is -0.141. The largest absolute Gasteiger partial charge is 0.333 e. The van der Waals surface area contributed by atoms with Crippen LogP contribution in [0.2, 0.25) is 0 Å². The molecule has 5 heteroatoms. The maximum absolute atomic E-state index is 13.5. The van der Waals surface area contributed by atoms with Crippen molar-refractivity contribution in [2.24, 2.45) is 0 Å². The predicted octanol–water partition coefficient (Wildman–Crippen LogP) is 5.35. The Morgan fingerprint density at radius 3 is 2.60 bits per heavy atom. The Morgan fingerprint density at radius 2 is 1.87 bits per heavy atom. The van der Waals surface area contributed by atoms with Crippen LogP contribution in [-0.2, 0) is 16.0 Å². The van der Waals surface area contributed by atoms with Crippen LogP contribution in [0.4, 0.5) is 0 Å². The van der Waals surface area contributed by atoms with Gasteiger partial charge in [-0.05, 0) is 54.3 Å². The van der Waals surface area contributed by atoms with Gasteiger partial charge in [0.25, 0.3) is 0 Å². The van der Waals surface area contributed by atoms with Gasteiger partial charge in [0.15, 0.2) is 0 Å². The summed E-state index contributed by atoms with van der Waals surface area (Å²) >= 11 is 1.78. The van der Waals surface area contributed by atoms with Gasteiger partial charge < -0.3 is 9.80 Å². The predicted molar refractivity (Wildman–Crippen MR) is 124 cm³/mol. The van der Waals surface area contributed by atoms with Crippen LogP contribution in [0.15, 0.2) is 35.7 Å². The van der Waals surface area contributed by atoms with E-state index in [1.165, 1.54) is 21.6 Å². The van der Waals surface area contributed by atoms with Crippen molar-refractivity contribution in [2.75, 3.05) is 19.6 Å². The second-order valence-electron chi connectivity index (χ2n) is 8.17. The highest BCUT2D eigenvalue weighted by molar-refractivity contribution is 7.10. The molecule has 2 aromatic rings. The summed E-state index contributed by atoms with van der Waals surface area (Å²) in [6.07, 6.45) is 5.23. The number of fused-ring (bicyclic) bond motifs is 1. The molecule has 0 bridgehead atoms. The molecule has 30 heavy (non-hydrogen) atoms. The molecule has 1 aromatic carbocycles. The molecule has 0 spiro atoms. The summed E-state index contributed by atoms with van der Waals surface area (Å²) in [5.74, 6) is 0.167. The number of amides is 2. The maximum atomic E-state index is 13.5. The van der Waals surface area contributed by atoms with E-state index in [9.17, 15) is 9.59 Å². The molecule has 1 aliphatic heterocycles. The van der Waals surface area contributed by atoms with E-state index in [1.807, 2.05) is 17.0 Å². The third-order valence-corrected chi connectivity index (χ3v) is 6.97. The summed E-state index contributed by atoms with van der Waals surface area (Å²) in [5.41, 5.74) is 3.62. The lowest BCUT2D eigenvalue weighted by Crippen LogP contribution is -2.47. The molecule has 162 valence electrons. The minimum absolute atomic E-state index is 0.0565. The van der Waals surface area contributed by atoms with Crippen molar-refractivity contribution in [3.8, 4) is 0 Å². The van der Waals surface area contributed by atoms with Gasteiger partial charge >= 0.3 is 0 Å². The molecular weight excluding hydrogens is 392 g/mol. The molecule has 0 radical (unpaired) electrons. The maximum Gasteiger partial charge on any atom is 0.242 e. The number of carbonyl (C=O) groups is 2. The highest BCUT2D eigenvalue weighted by Gasteiger charge is 2.34. The fraction of sp³-hybridized carbons (Fsp3) is 0.520. The third kappa shape index (κ3) is 5.12. The summed E-state index contributed by atoms with van der Waals surface area (Å²) in [6.45, 7) is 7.87. The number of thiophene rings is 1. The van der Waals surface area contributed by atoms with Crippen molar-refractivity contribution < 1.29 is 9.59 Å². The van der Waals surface area contributed by atoms with Crippen molar-refractivity contribution in [2.45, 2.75) is 65.3 Å². The van der Waals surface area contributed by atoms with Gasteiger partial charge in [-0.1, -0.05) is 51.0 Å². The van der Waals surface area contributed by atoms with Crippen LogP contribution in [0.3, 0.4) is 0 Å². The van der Waals surface area contributed by atoms with E-state index in [-0.39, 0.29) is 24.4 Å². The zero-order valence-corrected chi connectivity index (χ0v) is 19.3. The average Bonchev–Trinajstić information content (AvgIpc) is 3.23. The highest BCUT2D eigenvalue weighted by atomic mass is 32.1. The topological polar surface area (TPSA) is 40.6 Å². The summed E-state index contributed by atoms with van der Waals surface area (Å²) in [5, 5.41) is 2.13. The average molecular weight is 427 g/mol. The van der Waals surface area contributed by atoms with Gasteiger partial charge in [-0.25, -0.2) is 0 Å². The number of hydrogen-bond donors (Lipinski definition) is 0. The fourth-order valence-electron chi connectivity index (χ4n) is 4.20. The fourth-order valence-corrected chi connectivity index (χ4v) is 5.10. The van der Waals surface area contributed by atoms with Gasteiger partial charge in [0.2, 0.25) is 11.8 Å². The Morgan fingerprint density at radius 1 is 1.10 bits per heavy atom. The summed E-state index contributed by atoms with van der Waals surface area (Å²) < 4.78 is 0. The van der Waals surface area contributed by atoms with Crippen LogP contribution in [-0.4, -0.2) is 41.2 Å². The van der Waals surface area contributed by atoms with E-state index in [2.05, 4.69) is 44.4 Å². The summed E-state index contributed by atoms with van der Waals surface area (Å²) in [7, 11) is 0. The standard InChI is InChI=1S/C25H34N2O2S/c1-4-6-12-23(28)26(15-7-5-2)18-24(29)27-16-13-22-21(14-17-30-22)25(27)20-11-9-8-10-19(20)3/h8-11,14,17,25H,4-7,12-13,15-16,18H2,1-3H3. The molecular formula is C25H34N2O2S. The molecule has 2 amide bonds. The molecule has 0 saturated carbocycles. The first-order valence-corrected chi connectivity index (χ1v) is 12.1. The Bertz CT molecular complexity index is 860. The zero-order valence-electron chi connectivity index (χ0n) is 18.5. The van der Waals surface area contributed by atoms with Crippen molar-refractivity contribution in [1.29, 1.82) is 0 Å². The normalized spacial score (nSPS) is 15.7. The molecule has 2 heterocycles. The number of carbonyl (C=O) groups excluding carboxylic acids is 2. The third-order valence-electron chi connectivity index (χ3n) is 5.97. The van der Waals surface area contributed by atoms with Crippen LogP contribution in [0.1, 0.15) is 73.6 Å². The van der Waals surface area contributed by atoms with Gasteiger partial charge in [-0.2, -0.15) is 0 Å². The smallest absolute Gasteiger partial charge is 0.242 e. The van der Waals surface area contributed by atoms with Gasteiger partial charge in [0.1, 0.15) is 0 Å². The van der Waals surface area contributed by atoms with Crippen LogP contribution >= 0.6 is 11.3 Å². The van der Waals surface area contributed by atoms with Crippen LogP contribution in [0.5, 0.6) is 0 Å². The first-order valence-electron chi connectivity index (χ1n) is 11.3.